The molecule has 2 atom stereocenters. The number of likely N-dealkylation sites (tertiary alicyclic amines) is 1. The van der Waals surface area contributed by atoms with E-state index in [1.54, 1.807) is 0 Å². The van der Waals surface area contributed by atoms with E-state index in [0.29, 0.717) is 12.3 Å². The number of hydrogen-bond acceptors (Lipinski definition) is 2. The standard InChI is InChI=1S/C14H23NO2/c16-14(17)11-13(12-7-3-1-4-8-12)15-9-5-2-6-10-15/h1,3,12-13H,2,4-11H2,(H,16,17). The van der Waals surface area contributed by atoms with Gasteiger partial charge in [0.2, 0.25) is 0 Å². The molecule has 1 N–H and O–H groups in total. The van der Waals surface area contributed by atoms with Crippen molar-refractivity contribution in [1.29, 1.82) is 0 Å². The lowest BCUT2D eigenvalue weighted by molar-refractivity contribution is -0.139. The molecular weight excluding hydrogens is 214 g/mol. The second-order valence-electron chi connectivity index (χ2n) is 5.31. The fraction of sp³-hybridized carbons (Fsp3) is 0.786. The Labute approximate surface area is 103 Å². The van der Waals surface area contributed by atoms with Crippen molar-refractivity contribution in [2.75, 3.05) is 13.1 Å². The predicted molar refractivity (Wildman–Crippen MR) is 67.9 cm³/mol. The molecule has 0 bridgehead atoms. The van der Waals surface area contributed by atoms with Gasteiger partial charge in [0.05, 0.1) is 6.42 Å². The Morgan fingerprint density at radius 2 is 2.06 bits per heavy atom. The Morgan fingerprint density at radius 1 is 1.29 bits per heavy atom. The predicted octanol–water partition coefficient (Wildman–Crippen LogP) is 2.67. The van der Waals surface area contributed by atoms with Crippen LogP contribution in [0.15, 0.2) is 12.2 Å². The van der Waals surface area contributed by atoms with E-state index >= 15 is 0 Å². The van der Waals surface area contributed by atoms with Crippen molar-refractivity contribution >= 4 is 5.97 Å². The van der Waals surface area contributed by atoms with E-state index in [4.69, 9.17) is 5.11 Å². The third-order valence-electron chi connectivity index (χ3n) is 4.10. The summed E-state index contributed by atoms with van der Waals surface area (Å²) in [6.45, 7) is 2.19. The molecule has 3 nitrogen and oxygen atoms in total. The number of carboxylic acid groups (broad SMARTS) is 1. The summed E-state index contributed by atoms with van der Waals surface area (Å²) >= 11 is 0. The zero-order valence-corrected chi connectivity index (χ0v) is 10.5. The summed E-state index contributed by atoms with van der Waals surface area (Å²) in [6.07, 6.45) is 11.9. The number of nitrogens with zero attached hydrogens (tertiary/aromatic N) is 1. The van der Waals surface area contributed by atoms with Crippen molar-refractivity contribution in [3.63, 3.8) is 0 Å². The van der Waals surface area contributed by atoms with E-state index in [1.807, 2.05) is 0 Å². The van der Waals surface area contributed by atoms with Gasteiger partial charge in [0.1, 0.15) is 0 Å². The van der Waals surface area contributed by atoms with Crippen LogP contribution in [0.25, 0.3) is 0 Å². The fourth-order valence-electron chi connectivity index (χ4n) is 3.19. The van der Waals surface area contributed by atoms with E-state index in [-0.39, 0.29) is 6.04 Å². The monoisotopic (exact) mass is 237 g/mol. The Bertz CT molecular complexity index is 282. The van der Waals surface area contributed by atoms with Gasteiger partial charge in [0.25, 0.3) is 0 Å². The van der Waals surface area contributed by atoms with Crippen LogP contribution in [0.4, 0.5) is 0 Å². The molecular formula is C14H23NO2. The van der Waals surface area contributed by atoms with Crippen molar-refractivity contribution in [3.8, 4) is 0 Å². The van der Waals surface area contributed by atoms with Crippen molar-refractivity contribution < 1.29 is 9.90 Å². The maximum atomic E-state index is 11.1. The number of carboxylic acids is 1. The number of rotatable bonds is 4. The van der Waals surface area contributed by atoms with Crippen LogP contribution in [0.1, 0.15) is 44.9 Å². The van der Waals surface area contributed by atoms with Crippen molar-refractivity contribution in [3.05, 3.63) is 12.2 Å². The van der Waals surface area contributed by atoms with Crippen LogP contribution in [0.5, 0.6) is 0 Å². The van der Waals surface area contributed by atoms with Gasteiger partial charge >= 0.3 is 5.97 Å². The molecule has 17 heavy (non-hydrogen) atoms. The van der Waals surface area contributed by atoms with Gasteiger partial charge in [-0.15, -0.1) is 0 Å². The van der Waals surface area contributed by atoms with Crippen LogP contribution in [0, 0.1) is 5.92 Å². The molecule has 1 fully saturated rings. The maximum Gasteiger partial charge on any atom is 0.304 e. The summed E-state index contributed by atoms with van der Waals surface area (Å²) in [6, 6.07) is 0.262. The molecule has 1 saturated heterocycles. The summed E-state index contributed by atoms with van der Waals surface area (Å²) in [7, 11) is 0. The highest BCUT2D eigenvalue weighted by Crippen LogP contribution is 2.29. The highest BCUT2D eigenvalue weighted by atomic mass is 16.4. The number of allylic oxidation sites excluding steroid dienone is 2. The minimum absolute atomic E-state index is 0.262. The smallest absolute Gasteiger partial charge is 0.304 e. The lowest BCUT2D eigenvalue weighted by Gasteiger charge is -2.39. The highest BCUT2D eigenvalue weighted by Gasteiger charge is 2.30. The average Bonchev–Trinajstić information content (AvgIpc) is 2.38. The maximum absolute atomic E-state index is 11.1. The van der Waals surface area contributed by atoms with Crippen LogP contribution >= 0.6 is 0 Å². The molecule has 0 aromatic carbocycles. The largest absolute Gasteiger partial charge is 0.481 e. The topological polar surface area (TPSA) is 40.5 Å². The zero-order chi connectivity index (χ0) is 12.1. The first-order valence-electron chi connectivity index (χ1n) is 6.88. The minimum Gasteiger partial charge on any atom is -0.481 e. The molecule has 1 heterocycles. The van der Waals surface area contributed by atoms with Gasteiger partial charge in [0.15, 0.2) is 0 Å². The van der Waals surface area contributed by atoms with Crippen LogP contribution < -0.4 is 0 Å². The van der Waals surface area contributed by atoms with E-state index < -0.39 is 5.97 Å². The van der Waals surface area contributed by atoms with Gasteiger partial charge < -0.3 is 5.11 Å². The molecule has 0 amide bonds. The van der Waals surface area contributed by atoms with Gasteiger partial charge in [-0.25, -0.2) is 0 Å². The second-order valence-corrected chi connectivity index (χ2v) is 5.31. The molecule has 0 aromatic heterocycles. The Morgan fingerprint density at radius 3 is 2.65 bits per heavy atom. The van der Waals surface area contributed by atoms with E-state index in [2.05, 4.69) is 17.1 Å². The number of piperidine rings is 1. The van der Waals surface area contributed by atoms with E-state index in [0.717, 1.165) is 32.4 Å². The van der Waals surface area contributed by atoms with Crippen molar-refractivity contribution in [1.82, 2.24) is 4.90 Å². The van der Waals surface area contributed by atoms with E-state index in [9.17, 15) is 4.79 Å². The molecule has 2 aliphatic rings. The van der Waals surface area contributed by atoms with Gasteiger partial charge in [-0.2, -0.15) is 0 Å². The third kappa shape index (κ3) is 3.56. The lowest BCUT2D eigenvalue weighted by atomic mass is 9.84. The van der Waals surface area contributed by atoms with Crippen molar-refractivity contribution in [2.24, 2.45) is 5.92 Å². The molecule has 0 spiro atoms. The zero-order valence-electron chi connectivity index (χ0n) is 10.5. The summed E-state index contributed by atoms with van der Waals surface area (Å²) in [5.74, 6) is -0.0932. The Balaban J connectivity index is 2.00. The third-order valence-corrected chi connectivity index (χ3v) is 4.10. The minimum atomic E-state index is -0.643. The van der Waals surface area contributed by atoms with Gasteiger partial charge in [-0.3, -0.25) is 9.69 Å². The first kappa shape index (κ1) is 12.6. The van der Waals surface area contributed by atoms with Crippen LogP contribution in [0.3, 0.4) is 0 Å². The van der Waals surface area contributed by atoms with Crippen LogP contribution in [-0.2, 0) is 4.79 Å². The number of hydrogen-bond donors (Lipinski definition) is 1. The summed E-state index contributed by atoms with van der Waals surface area (Å²) < 4.78 is 0. The van der Waals surface area contributed by atoms with Crippen molar-refractivity contribution in [2.45, 2.75) is 51.0 Å². The molecule has 96 valence electrons. The molecule has 2 unspecified atom stereocenters. The molecule has 0 saturated carbocycles. The number of aliphatic carboxylic acids is 1. The molecule has 1 aliphatic carbocycles. The summed E-state index contributed by atoms with van der Waals surface area (Å²) in [5.41, 5.74) is 0. The van der Waals surface area contributed by atoms with Gasteiger partial charge in [-0.05, 0) is 51.1 Å². The van der Waals surface area contributed by atoms with Gasteiger partial charge in [-0.1, -0.05) is 18.6 Å². The first-order chi connectivity index (χ1) is 8.27. The lowest BCUT2D eigenvalue weighted by Crippen LogP contribution is -2.45. The molecule has 1 aliphatic heterocycles. The quantitative estimate of drug-likeness (QED) is 0.764. The summed E-state index contributed by atoms with van der Waals surface area (Å²) in [5, 5.41) is 9.10. The van der Waals surface area contributed by atoms with Gasteiger partial charge in [0, 0.05) is 6.04 Å². The molecule has 0 radical (unpaired) electrons. The number of carbonyl (C=O) groups is 1. The van der Waals surface area contributed by atoms with E-state index in [1.165, 1.54) is 19.3 Å². The Hall–Kier alpha value is -0.830. The first-order valence-corrected chi connectivity index (χ1v) is 6.88. The van der Waals surface area contributed by atoms with Crippen LogP contribution in [-0.4, -0.2) is 35.1 Å². The normalized spacial score (nSPS) is 27.9. The highest BCUT2D eigenvalue weighted by molar-refractivity contribution is 5.67. The molecule has 2 rings (SSSR count). The average molecular weight is 237 g/mol. The molecule has 3 heteroatoms. The Kier molecular flexibility index (Phi) is 4.60. The fourth-order valence-corrected chi connectivity index (χ4v) is 3.19. The second kappa shape index (κ2) is 6.20. The molecule has 0 aromatic rings. The van der Waals surface area contributed by atoms with Crippen LogP contribution in [0.2, 0.25) is 0 Å². The SMILES string of the molecule is O=C(O)CC(C1CC=CCC1)N1CCCCC1. The summed E-state index contributed by atoms with van der Waals surface area (Å²) in [4.78, 5) is 13.5.